The summed E-state index contributed by atoms with van der Waals surface area (Å²) in [6.07, 6.45) is 0. The van der Waals surface area contributed by atoms with Crippen LogP contribution in [0.5, 0.6) is 0 Å². The number of hydrogen-bond donors (Lipinski definition) is 2. The molecule has 0 saturated carbocycles. The number of hydrogen-bond acceptors (Lipinski definition) is 3. The second kappa shape index (κ2) is 5.45. The van der Waals surface area contributed by atoms with Crippen molar-refractivity contribution in [2.45, 2.75) is 6.92 Å². The van der Waals surface area contributed by atoms with Gasteiger partial charge in [-0.3, -0.25) is 0 Å². The van der Waals surface area contributed by atoms with Gasteiger partial charge >= 0.3 is 0 Å². The van der Waals surface area contributed by atoms with Crippen molar-refractivity contribution < 1.29 is 4.39 Å². The lowest BCUT2D eigenvalue weighted by Crippen LogP contribution is -2.00. The third kappa shape index (κ3) is 2.96. The van der Waals surface area contributed by atoms with Gasteiger partial charge in [-0.25, -0.2) is 4.39 Å². The third-order valence-electron chi connectivity index (χ3n) is 2.73. The Morgan fingerprint density at radius 2 is 2.00 bits per heavy atom. The van der Waals surface area contributed by atoms with Gasteiger partial charge in [0.1, 0.15) is 5.82 Å². The number of nitrogens with zero attached hydrogens (tertiary/aromatic N) is 1. The van der Waals surface area contributed by atoms with Crippen LogP contribution in [0.1, 0.15) is 11.1 Å². The fourth-order valence-electron chi connectivity index (χ4n) is 1.64. The fourth-order valence-corrected chi connectivity index (χ4v) is 2.13. The molecule has 2 rings (SSSR count). The predicted octanol–water partition coefficient (Wildman–Crippen LogP) is 3.94. The molecule has 0 aromatic heterocycles. The van der Waals surface area contributed by atoms with Gasteiger partial charge < -0.3 is 11.1 Å². The largest absolute Gasteiger partial charge is 0.397 e. The van der Waals surface area contributed by atoms with Crippen molar-refractivity contribution in [2.24, 2.45) is 0 Å². The zero-order valence-corrected chi connectivity index (χ0v) is 12.3. The summed E-state index contributed by atoms with van der Waals surface area (Å²) in [5.74, 6) is -0.327. The van der Waals surface area contributed by atoms with E-state index in [2.05, 4.69) is 11.4 Å². The minimum absolute atomic E-state index is 0.327. The number of anilines is 3. The van der Waals surface area contributed by atoms with Crippen LogP contribution < -0.4 is 11.1 Å². The van der Waals surface area contributed by atoms with Crippen LogP contribution >= 0.6 is 22.6 Å². The smallest absolute Gasteiger partial charge is 0.138 e. The van der Waals surface area contributed by atoms with Crippen molar-refractivity contribution >= 4 is 39.7 Å². The van der Waals surface area contributed by atoms with E-state index in [1.165, 1.54) is 6.07 Å². The normalized spacial score (nSPS) is 10.0. The summed E-state index contributed by atoms with van der Waals surface area (Å²) in [5.41, 5.74) is 9.06. The van der Waals surface area contributed by atoms with Gasteiger partial charge in [-0.1, -0.05) is 6.07 Å². The molecule has 0 atom stereocenters. The molecule has 96 valence electrons. The van der Waals surface area contributed by atoms with Gasteiger partial charge in [0.05, 0.1) is 26.6 Å². The minimum Gasteiger partial charge on any atom is -0.397 e. The van der Waals surface area contributed by atoms with E-state index in [1.807, 2.05) is 35.6 Å². The monoisotopic (exact) mass is 367 g/mol. The molecule has 0 radical (unpaired) electrons. The van der Waals surface area contributed by atoms with Crippen LogP contribution in [0, 0.1) is 27.6 Å². The molecule has 0 fully saturated rings. The summed E-state index contributed by atoms with van der Waals surface area (Å²) in [6.45, 7) is 1.91. The topological polar surface area (TPSA) is 61.8 Å². The van der Waals surface area contributed by atoms with Gasteiger partial charge in [0, 0.05) is 11.8 Å². The maximum absolute atomic E-state index is 13.6. The molecule has 19 heavy (non-hydrogen) atoms. The van der Waals surface area contributed by atoms with Crippen LogP contribution in [-0.4, -0.2) is 0 Å². The summed E-state index contributed by atoms with van der Waals surface area (Å²) in [6, 6.07) is 10.3. The van der Waals surface area contributed by atoms with Crippen molar-refractivity contribution in [2.75, 3.05) is 11.1 Å². The first-order valence-electron chi connectivity index (χ1n) is 5.53. The van der Waals surface area contributed by atoms with E-state index in [1.54, 1.807) is 18.2 Å². The van der Waals surface area contributed by atoms with Gasteiger partial charge in [0.15, 0.2) is 0 Å². The number of halogens is 2. The lowest BCUT2D eigenvalue weighted by molar-refractivity contribution is 0.621. The Labute approximate surface area is 124 Å². The Morgan fingerprint density at radius 3 is 2.68 bits per heavy atom. The van der Waals surface area contributed by atoms with E-state index < -0.39 is 0 Å². The first kappa shape index (κ1) is 13.6. The molecule has 0 spiro atoms. The molecule has 0 aliphatic carbocycles. The van der Waals surface area contributed by atoms with Gasteiger partial charge in [-0.2, -0.15) is 5.26 Å². The highest BCUT2D eigenvalue weighted by atomic mass is 127. The van der Waals surface area contributed by atoms with E-state index in [9.17, 15) is 4.39 Å². The summed E-state index contributed by atoms with van der Waals surface area (Å²) in [4.78, 5) is 0. The van der Waals surface area contributed by atoms with E-state index in [0.29, 0.717) is 20.5 Å². The predicted molar refractivity (Wildman–Crippen MR) is 82.7 cm³/mol. The first-order valence-corrected chi connectivity index (χ1v) is 6.61. The molecule has 0 saturated heterocycles. The quantitative estimate of drug-likeness (QED) is 0.625. The molecule has 0 bridgehead atoms. The lowest BCUT2D eigenvalue weighted by atomic mass is 10.1. The Kier molecular flexibility index (Phi) is 3.90. The van der Waals surface area contributed by atoms with Crippen molar-refractivity contribution in [3.63, 3.8) is 0 Å². The van der Waals surface area contributed by atoms with E-state index in [0.717, 1.165) is 11.3 Å². The minimum atomic E-state index is -0.327. The highest BCUT2D eigenvalue weighted by Crippen LogP contribution is 2.28. The molecular formula is C14H11FIN3. The van der Waals surface area contributed by atoms with Crippen LogP contribution in [0.25, 0.3) is 0 Å². The van der Waals surface area contributed by atoms with Crippen molar-refractivity contribution in [3.05, 3.63) is 50.8 Å². The molecule has 0 unspecified atom stereocenters. The zero-order chi connectivity index (χ0) is 14.0. The molecule has 5 heteroatoms. The standard InChI is InChI=1S/C14H11FIN3/c1-8-2-3-9(7-17)4-13(8)19-14-5-10(15)11(16)6-12(14)18/h2-6,19H,18H2,1H3. The third-order valence-corrected chi connectivity index (χ3v) is 3.56. The molecular weight excluding hydrogens is 356 g/mol. The van der Waals surface area contributed by atoms with Crippen molar-refractivity contribution in [3.8, 4) is 6.07 Å². The Balaban J connectivity index is 2.42. The Bertz CT molecular complexity index is 677. The number of rotatable bonds is 2. The van der Waals surface area contributed by atoms with Gasteiger partial charge in [-0.15, -0.1) is 0 Å². The zero-order valence-electron chi connectivity index (χ0n) is 10.2. The highest BCUT2D eigenvalue weighted by Gasteiger charge is 2.08. The number of nitriles is 1. The van der Waals surface area contributed by atoms with Crippen LogP contribution in [-0.2, 0) is 0 Å². The summed E-state index contributed by atoms with van der Waals surface area (Å²) >= 11 is 1.89. The van der Waals surface area contributed by atoms with Crippen LogP contribution in [0.15, 0.2) is 30.3 Å². The average Bonchev–Trinajstić information content (AvgIpc) is 2.38. The maximum atomic E-state index is 13.6. The van der Waals surface area contributed by atoms with E-state index >= 15 is 0 Å². The van der Waals surface area contributed by atoms with Gasteiger partial charge in [-0.05, 0) is 53.3 Å². The number of nitrogens with one attached hydrogen (secondary N) is 1. The summed E-state index contributed by atoms with van der Waals surface area (Å²) < 4.78 is 14.0. The number of nitrogens with two attached hydrogens (primary N) is 1. The fraction of sp³-hybridized carbons (Fsp3) is 0.0714. The van der Waals surface area contributed by atoms with Gasteiger partial charge in [0.2, 0.25) is 0 Å². The average molecular weight is 367 g/mol. The van der Waals surface area contributed by atoms with Gasteiger partial charge in [0.25, 0.3) is 0 Å². The summed E-state index contributed by atoms with van der Waals surface area (Å²) in [7, 11) is 0. The van der Waals surface area contributed by atoms with Crippen molar-refractivity contribution in [1.82, 2.24) is 0 Å². The van der Waals surface area contributed by atoms with Crippen LogP contribution in [0.3, 0.4) is 0 Å². The second-order valence-electron chi connectivity index (χ2n) is 4.12. The highest BCUT2D eigenvalue weighted by molar-refractivity contribution is 14.1. The molecule has 3 nitrogen and oxygen atoms in total. The Morgan fingerprint density at radius 1 is 1.26 bits per heavy atom. The number of aryl methyl sites for hydroxylation is 1. The van der Waals surface area contributed by atoms with Crippen molar-refractivity contribution in [1.29, 1.82) is 5.26 Å². The molecule has 0 aliphatic heterocycles. The summed E-state index contributed by atoms with van der Waals surface area (Å²) in [5, 5.41) is 12.0. The molecule has 2 aromatic carbocycles. The number of benzene rings is 2. The molecule has 3 N–H and O–H groups in total. The Hall–Kier alpha value is -1.81. The lowest BCUT2D eigenvalue weighted by Gasteiger charge is -2.12. The number of nitrogen functional groups attached to an aromatic ring is 1. The molecule has 0 amide bonds. The SMILES string of the molecule is Cc1ccc(C#N)cc1Nc1cc(F)c(I)cc1N. The van der Waals surface area contributed by atoms with E-state index in [4.69, 9.17) is 11.0 Å². The maximum Gasteiger partial charge on any atom is 0.138 e. The van der Waals surface area contributed by atoms with Crippen LogP contribution in [0.2, 0.25) is 0 Å². The van der Waals surface area contributed by atoms with Crippen LogP contribution in [0.4, 0.5) is 21.5 Å². The molecule has 0 aliphatic rings. The first-order chi connectivity index (χ1) is 9.01. The second-order valence-corrected chi connectivity index (χ2v) is 5.28. The molecule has 2 aromatic rings. The molecule has 0 heterocycles. The van der Waals surface area contributed by atoms with E-state index in [-0.39, 0.29) is 5.82 Å².